The van der Waals surface area contributed by atoms with Gasteiger partial charge in [0.2, 0.25) is 0 Å². The van der Waals surface area contributed by atoms with Gasteiger partial charge < -0.3 is 15.6 Å². The van der Waals surface area contributed by atoms with Gasteiger partial charge in [-0.1, -0.05) is 11.6 Å². The average Bonchev–Trinajstić information content (AvgIpc) is 2.39. The van der Waals surface area contributed by atoms with Crippen LogP contribution in [0.25, 0.3) is 11.1 Å². The van der Waals surface area contributed by atoms with Crippen LogP contribution in [0.3, 0.4) is 0 Å². The summed E-state index contributed by atoms with van der Waals surface area (Å²) in [6, 6.07) is 8.08. The summed E-state index contributed by atoms with van der Waals surface area (Å²) in [6.07, 6.45) is 0. The summed E-state index contributed by atoms with van der Waals surface area (Å²) >= 11 is 6.10. The Morgan fingerprint density at radius 1 is 1.32 bits per heavy atom. The Morgan fingerprint density at radius 3 is 2.68 bits per heavy atom. The highest BCUT2D eigenvalue weighted by atomic mass is 35.5. The molecular weight excluding hydrogens is 268 g/mol. The molecule has 0 amide bonds. The SMILES string of the molecule is COc1ccc(Cl)c(-c2ccc(N)nc2C(=O)O)c1. The molecule has 2 aromatic rings. The number of methoxy groups -OCH3 is 1. The lowest BCUT2D eigenvalue weighted by molar-refractivity contribution is 0.0691. The van der Waals surface area contributed by atoms with E-state index in [0.717, 1.165) is 0 Å². The summed E-state index contributed by atoms with van der Waals surface area (Å²) in [7, 11) is 1.52. The fourth-order valence-electron chi connectivity index (χ4n) is 1.69. The largest absolute Gasteiger partial charge is 0.497 e. The molecule has 19 heavy (non-hydrogen) atoms. The molecule has 0 saturated heterocycles. The Hall–Kier alpha value is -2.27. The minimum atomic E-state index is -1.17. The highest BCUT2D eigenvalue weighted by molar-refractivity contribution is 6.33. The molecule has 6 heteroatoms. The number of pyridine rings is 1. The van der Waals surface area contributed by atoms with Crippen molar-refractivity contribution in [3.05, 3.63) is 41.0 Å². The maximum absolute atomic E-state index is 11.2. The number of aromatic nitrogens is 1. The van der Waals surface area contributed by atoms with Gasteiger partial charge in [0, 0.05) is 16.1 Å². The molecule has 0 radical (unpaired) electrons. The van der Waals surface area contributed by atoms with Crippen LogP contribution in [0.2, 0.25) is 5.02 Å². The van der Waals surface area contributed by atoms with E-state index in [1.54, 1.807) is 24.3 Å². The molecule has 0 bridgehead atoms. The molecule has 0 unspecified atom stereocenters. The molecule has 0 atom stereocenters. The van der Waals surface area contributed by atoms with Gasteiger partial charge in [-0.25, -0.2) is 9.78 Å². The van der Waals surface area contributed by atoms with Crippen LogP contribution in [0.4, 0.5) is 5.82 Å². The summed E-state index contributed by atoms with van der Waals surface area (Å²) in [5.41, 5.74) is 6.29. The first kappa shape index (κ1) is 13.2. The molecule has 0 aliphatic carbocycles. The van der Waals surface area contributed by atoms with Crippen LogP contribution < -0.4 is 10.5 Å². The van der Waals surface area contributed by atoms with Gasteiger partial charge in [0.25, 0.3) is 0 Å². The summed E-state index contributed by atoms with van der Waals surface area (Å²) in [5, 5.41) is 9.59. The monoisotopic (exact) mass is 278 g/mol. The number of carboxylic acid groups (broad SMARTS) is 1. The van der Waals surface area contributed by atoms with E-state index >= 15 is 0 Å². The van der Waals surface area contributed by atoms with Crippen LogP contribution in [-0.2, 0) is 0 Å². The number of hydrogen-bond donors (Lipinski definition) is 2. The second-order valence-corrected chi connectivity index (χ2v) is 4.19. The van der Waals surface area contributed by atoms with E-state index in [1.807, 2.05) is 0 Å². The number of anilines is 1. The van der Waals surface area contributed by atoms with E-state index in [9.17, 15) is 9.90 Å². The molecule has 1 aromatic heterocycles. The molecule has 3 N–H and O–H groups in total. The number of carboxylic acids is 1. The first-order chi connectivity index (χ1) is 9.02. The van der Waals surface area contributed by atoms with Crippen LogP contribution in [0.1, 0.15) is 10.5 Å². The van der Waals surface area contributed by atoms with Crippen molar-refractivity contribution in [3.8, 4) is 16.9 Å². The van der Waals surface area contributed by atoms with E-state index in [-0.39, 0.29) is 11.5 Å². The van der Waals surface area contributed by atoms with Gasteiger partial charge in [-0.2, -0.15) is 0 Å². The molecule has 5 nitrogen and oxygen atoms in total. The Labute approximate surface area is 114 Å². The predicted octanol–water partition coefficient (Wildman–Crippen LogP) is 2.69. The lowest BCUT2D eigenvalue weighted by atomic mass is 10.0. The highest BCUT2D eigenvalue weighted by Crippen LogP contribution is 2.33. The second kappa shape index (κ2) is 5.16. The summed E-state index contributed by atoms with van der Waals surface area (Å²) in [6.45, 7) is 0. The minimum Gasteiger partial charge on any atom is -0.497 e. The number of ether oxygens (including phenoxy) is 1. The third kappa shape index (κ3) is 2.61. The molecule has 98 valence electrons. The molecule has 1 aromatic carbocycles. The zero-order chi connectivity index (χ0) is 14.0. The quantitative estimate of drug-likeness (QED) is 0.901. The summed E-state index contributed by atoms with van der Waals surface area (Å²) in [4.78, 5) is 15.0. The topological polar surface area (TPSA) is 85.4 Å². The van der Waals surface area contributed by atoms with Crippen LogP contribution in [0, 0.1) is 0 Å². The van der Waals surface area contributed by atoms with Gasteiger partial charge in [0.15, 0.2) is 5.69 Å². The van der Waals surface area contributed by atoms with Crippen molar-refractivity contribution in [2.24, 2.45) is 0 Å². The van der Waals surface area contributed by atoms with Crippen LogP contribution >= 0.6 is 11.6 Å². The standard InChI is InChI=1S/C13H11ClN2O3/c1-19-7-2-4-10(14)9(6-7)8-3-5-11(15)16-12(8)13(17)18/h2-6H,1H3,(H2,15,16)(H,17,18). The molecule has 0 saturated carbocycles. The molecule has 0 spiro atoms. The third-order valence-electron chi connectivity index (χ3n) is 2.58. The van der Waals surface area contributed by atoms with Gasteiger partial charge in [0.1, 0.15) is 11.6 Å². The minimum absolute atomic E-state index is 0.139. The highest BCUT2D eigenvalue weighted by Gasteiger charge is 2.16. The van der Waals surface area contributed by atoms with E-state index in [2.05, 4.69) is 4.98 Å². The summed E-state index contributed by atoms with van der Waals surface area (Å²) in [5.74, 6) is -0.450. The fraction of sp³-hybridized carbons (Fsp3) is 0.0769. The maximum Gasteiger partial charge on any atom is 0.355 e. The molecule has 1 heterocycles. The molecular formula is C13H11ClN2O3. The van der Waals surface area contributed by atoms with Crippen molar-refractivity contribution in [1.29, 1.82) is 0 Å². The van der Waals surface area contributed by atoms with Crippen molar-refractivity contribution in [2.75, 3.05) is 12.8 Å². The number of nitrogens with zero attached hydrogens (tertiary/aromatic N) is 1. The maximum atomic E-state index is 11.2. The number of aromatic carboxylic acids is 1. The zero-order valence-electron chi connectivity index (χ0n) is 10.1. The Balaban J connectivity index is 2.67. The number of nitrogens with two attached hydrogens (primary N) is 1. The zero-order valence-corrected chi connectivity index (χ0v) is 10.8. The number of carbonyl (C=O) groups is 1. The fourth-order valence-corrected chi connectivity index (χ4v) is 1.91. The van der Waals surface area contributed by atoms with Crippen molar-refractivity contribution in [3.63, 3.8) is 0 Å². The Morgan fingerprint density at radius 2 is 2.05 bits per heavy atom. The van der Waals surface area contributed by atoms with E-state index < -0.39 is 5.97 Å². The van der Waals surface area contributed by atoms with Crippen molar-refractivity contribution in [2.45, 2.75) is 0 Å². The van der Waals surface area contributed by atoms with E-state index in [1.165, 1.54) is 13.2 Å². The van der Waals surface area contributed by atoms with Gasteiger partial charge in [-0.05, 0) is 30.3 Å². The van der Waals surface area contributed by atoms with E-state index in [0.29, 0.717) is 21.9 Å². The third-order valence-corrected chi connectivity index (χ3v) is 2.91. The van der Waals surface area contributed by atoms with Gasteiger partial charge >= 0.3 is 5.97 Å². The van der Waals surface area contributed by atoms with Gasteiger partial charge in [-0.3, -0.25) is 0 Å². The molecule has 0 fully saturated rings. The number of benzene rings is 1. The van der Waals surface area contributed by atoms with Crippen LogP contribution in [0.5, 0.6) is 5.75 Å². The summed E-state index contributed by atoms with van der Waals surface area (Å²) < 4.78 is 5.10. The second-order valence-electron chi connectivity index (χ2n) is 3.78. The Kier molecular flexibility index (Phi) is 3.57. The van der Waals surface area contributed by atoms with E-state index in [4.69, 9.17) is 22.1 Å². The normalized spacial score (nSPS) is 10.2. The number of rotatable bonds is 3. The lowest BCUT2D eigenvalue weighted by Gasteiger charge is -2.10. The first-order valence-electron chi connectivity index (χ1n) is 5.36. The predicted molar refractivity (Wildman–Crippen MR) is 72.6 cm³/mol. The smallest absolute Gasteiger partial charge is 0.355 e. The lowest BCUT2D eigenvalue weighted by Crippen LogP contribution is -2.05. The number of nitrogen functional groups attached to an aromatic ring is 1. The van der Waals surface area contributed by atoms with Crippen molar-refractivity contribution in [1.82, 2.24) is 4.98 Å². The van der Waals surface area contributed by atoms with Crippen LogP contribution in [-0.4, -0.2) is 23.2 Å². The van der Waals surface area contributed by atoms with Crippen molar-refractivity contribution < 1.29 is 14.6 Å². The average molecular weight is 279 g/mol. The molecule has 2 rings (SSSR count). The molecule has 0 aliphatic rings. The van der Waals surface area contributed by atoms with Gasteiger partial charge in [-0.15, -0.1) is 0 Å². The van der Waals surface area contributed by atoms with Gasteiger partial charge in [0.05, 0.1) is 7.11 Å². The number of hydrogen-bond acceptors (Lipinski definition) is 4. The number of halogens is 1. The van der Waals surface area contributed by atoms with Crippen LogP contribution in [0.15, 0.2) is 30.3 Å². The first-order valence-corrected chi connectivity index (χ1v) is 5.74. The molecule has 0 aliphatic heterocycles. The Bertz CT molecular complexity index is 644. The van der Waals surface area contributed by atoms with Crippen molar-refractivity contribution >= 4 is 23.4 Å².